The van der Waals surface area contributed by atoms with Gasteiger partial charge in [-0.2, -0.15) is 0 Å². The Morgan fingerprint density at radius 3 is 2.45 bits per heavy atom. The van der Waals surface area contributed by atoms with Gasteiger partial charge in [0.05, 0.1) is 13.2 Å². The summed E-state index contributed by atoms with van der Waals surface area (Å²) in [6, 6.07) is 7.22. The van der Waals surface area contributed by atoms with Gasteiger partial charge in [0.1, 0.15) is 11.3 Å². The smallest absolute Gasteiger partial charge is 0.341 e. The summed E-state index contributed by atoms with van der Waals surface area (Å²) in [6.45, 7) is 5.14. The quantitative estimate of drug-likeness (QED) is 0.463. The van der Waals surface area contributed by atoms with Gasteiger partial charge < -0.3 is 9.47 Å². The van der Waals surface area contributed by atoms with Crippen LogP contribution < -0.4 is 4.74 Å². The van der Waals surface area contributed by atoms with Crippen LogP contribution in [0.5, 0.6) is 5.75 Å². The zero-order valence-electron chi connectivity index (χ0n) is 12.7. The maximum absolute atomic E-state index is 12.0. The van der Waals surface area contributed by atoms with Crippen molar-refractivity contribution in [2.24, 2.45) is 0 Å². The molecule has 0 fully saturated rings. The Labute approximate surface area is 122 Å². The van der Waals surface area contributed by atoms with E-state index in [-0.39, 0.29) is 5.97 Å². The highest BCUT2D eigenvalue weighted by atomic mass is 16.5. The van der Waals surface area contributed by atoms with Crippen molar-refractivity contribution in [3.05, 3.63) is 29.8 Å². The molecule has 1 rings (SSSR count). The van der Waals surface area contributed by atoms with Crippen molar-refractivity contribution in [1.29, 1.82) is 0 Å². The van der Waals surface area contributed by atoms with Crippen LogP contribution in [-0.4, -0.2) is 19.2 Å². The summed E-state index contributed by atoms with van der Waals surface area (Å²) in [4.78, 5) is 12.0. The minimum Gasteiger partial charge on any atom is -0.493 e. The molecule has 0 aliphatic carbocycles. The van der Waals surface area contributed by atoms with E-state index in [9.17, 15) is 4.79 Å². The first-order chi connectivity index (χ1) is 9.79. The van der Waals surface area contributed by atoms with Crippen LogP contribution in [0.15, 0.2) is 24.3 Å². The number of ether oxygens (including phenoxy) is 2. The van der Waals surface area contributed by atoms with E-state index in [1.54, 1.807) is 12.1 Å². The molecule has 0 spiro atoms. The number of para-hydroxylation sites is 1. The van der Waals surface area contributed by atoms with E-state index in [1.807, 2.05) is 19.1 Å². The summed E-state index contributed by atoms with van der Waals surface area (Å²) < 4.78 is 10.7. The highest BCUT2D eigenvalue weighted by Crippen LogP contribution is 2.19. The van der Waals surface area contributed by atoms with Gasteiger partial charge in [-0.1, -0.05) is 51.2 Å². The molecule has 1 aromatic rings. The number of benzene rings is 1. The van der Waals surface area contributed by atoms with Crippen LogP contribution in [0, 0.1) is 0 Å². The number of unbranched alkanes of at least 4 members (excludes halogenated alkanes) is 5. The summed E-state index contributed by atoms with van der Waals surface area (Å²) in [5.74, 6) is 0.311. The normalized spacial score (nSPS) is 10.3. The molecule has 0 unspecified atom stereocenters. The van der Waals surface area contributed by atoms with Crippen LogP contribution in [0.25, 0.3) is 0 Å². The second kappa shape index (κ2) is 10.3. The molecule has 112 valence electrons. The molecule has 1 aromatic carbocycles. The molecular formula is C17H26O3. The molecule has 0 aromatic heterocycles. The van der Waals surface area contributed by atoms with Crippen molar-refractivity contribution in [2.45, 2.75) is 52.4 Å². The standard InChI is InChI=1S/C17H26O3/c1-3-5-6-7-8-11-14-20-17(18)15-12-9-10-13-16(15)19-4-2/h9-10,12-13H,3-8,11,14H2,1-2H3. The summed E-state index contributed by atoms with van der Waals surface area (Å²) in [7, 11) is 0. The van der Waals surface area contributed by atoms with E-state index >= 15 is 0 Å². The summed E-state index contributed by atoms with van der Waals surface area (Å²) in [5, 5.41) is 0. The second-order valence-electron chi connectivity index (χ2n) is 4.83. The van der Waals surface area contributed by atoms with Crippen LogP contribution in [-0.2, 0) is 4.74 Å². The third-order valence-electron chi connectivity index (χ3n) is 3.14. The zero-order valence-corrected chi connectivity index (χ0v) is 12.7. The number of hydrogen-bond acceptors (Lipinski definition) is 3. The third-order valence-corrected chi connectivity index (χ3v) is 3.14. The van der Waals surface area contributed by atoms with Crippen LogP contribution >= 0.6 is 0 Å². The lowest BCUT2D eigenvalue weighted by Gasteiger charge is -2.09. The Balaban J connectivity index is 2.29. The average molecular weight is 278 g/mol. The first kappa shape index (κ1) is 16.5. The molecule has 0 aliphatic heterocycles. The van der Waals surface area contributed by atoms with Gasteiger partial charge in [-0.25, -0.2) is 4.79 Å². The lowest BCUT2D eigenvalue weighted by Crippen LogP contribution is -2.09. The molecule has 0 bridgehead atoms. The van der Waals surface area contributed by atoms with Gasteiger partial charge in [0.2, 0.25) is 0 Å². The molecular weight excluding hydrogens is 252 g/mol. The second-order valence-corrected chi connectivity index (χ2v) is 4.83. The van der Waals surface area contributed by atoms with Crippen LogP contribution in [0.2, 0.25) is 0 Å². The molecule has 0 aliphatic rings. The van der Waals surface area contributed by atoms with Crippen molar-refractivity contribution in [2.75, 3.05) is 13.2 Å². The molecule has 0 saturated carbocycles. The fourth-order valence-electron chi connectivity index (χ4n) is 2.04. The van der Waals surface area contributed by atoms with E-state index in [2.05, 4.69) is 6.92 Å². The van der Waals surface area contributed by atoms with E-state index in [4.69, 9.17) is 9.47 Å². The Kier molecular flexibility index (Phi) is 8.52. The Morgan fingerprint density at radius 2 is 1.70 bits per heavy atom. The average Bonchev–Trinajstić information content (AvgIpc) is 2.47. The Morgan fingerprint density at radius 1 is 1.00 bits per heavy atom. The van der Waals surface area contributed by atoms with Crippen molar-refractivity contribution in [3.8, 4) is 5.75 Å². The van der Waals surface area contributed by atoms with Gasteiger partial charge >= 0.3 is 5.97 Å². The van der Waals surface area contributed by atoms with Crippen molar-refractivity contribution in [1.82, 2.24) is 0 Å². The molecule has 0 radical (unpaired) electrons. The predicted octanol–water partition coefficient (Wildman–Crippen LogP) is 4.60. The number of esters is 1. The molecule has 3 heteroatoms. The molecule has 20 heavy (non-hydrogen) atoms. The topological polar surface area (TPSA) is 35.5 Å². The predicted molar refractivity (Wildman–Crippen MR) is 81.3 cm³/mol. The van der Waals surface area contributed by atoms with Crippen LogP contribution in [0.4, 0.5) is 0 Å². The first-order valence-electron chi connectivity index (χ1n) is 7.68. The van der Waals surface area contributed by atoms with E-state index in [0.717, 1.165) is 12.8 Å². The number of rotatable bonds is 10. The number of carbonyl (C=O) groups excluding carboxylic acids is 1. The summed E-state index contributed by atoms with van der Waals surface area (Å²) in [6.07, 6.45) is 7.11. The van der Waals surface area contributed by atoms with Gasteiger partial charge in [-0.05, 0) is 25.5 Å². The maximum atomic E-state index is 12.0. The van der Waals surface area contributed by atoms with Crippen molar-refractivity contribution in [3.63, 3.8) is 0 Å². The van der Waals surface area contributed by atoms with Gasteiger partial charge in [0.15, 0.2) is 0 Å². The molecule has 0 saturated heterocycles. The Hall–Kier alpha value is -1.51. The van der Waals surface area contributed by atoms with E-state index in [0.29, 0.717) is 24.5 Å². The third kappa shape index (κ3) is 6.09. The molecule has 0 heterocycles. The van der Waals surface area contributed by atoms with Crippen LogP contribution in [0.3, 0.4) is 0 Å². The fourth-order valence-corrected chi connectivity index (χ4v) is 2.04. The van der Waals surface area contributed by atoms with Gasteiger partial charge in [0.25, 0.3) is 0 Å². The summed E-state index contributed by atoms with van der Waals surface area (Å²) in [5.41, 5.74) is 0.514. The van der Waals surface area contributed by atoms with Crippen molar-refractivity contribution < 1.29 is 14.3 Å². The van der Waals surface area contributed by atoms with Crippen LogP contribution in [0.1, 0.15) is 62.7 Å². The summed E-state index contributed by atoms with van der Waals surface area (Å²) >= 11 is 0. The van der Waals surface area contributed by atoms with Crippen molar-refractivity contribution >= 4 is 5.97 Å². The highest BCUT2D eigenvalue weighted by Gasteiger charge is 2.12. The zero-order chi connectivity index (χ0) is 14.6. The molecule has 0 atom stereocenters. The number of carbonyl (C=O) groups is 1. The molecule has 3 nitrogen and oxygen atoms in total. The first-order valence-corrected chi connectivity index (χ1v) is 7.68. The molecule has 0 N–H and O–H groups in total. The minimum absolute atomic E-state index is 0.289. The van der Waals surface area contributed by atoms with Gasteiger partial charge in [-0.15, -0.1) is 0 Å². The monoisotopic (exact) mass is 278 g/mol. The Bertz CT molecular complexity index is 388. The number of hydrogen-bond donors (Lipinski definition) is 0. The highest BCUT2D eigenvalue weighted by molar-refractivity contribution is 5.92. The van der Waals surface area contributed by atoms with E-state index < -0.39 is 0 Å². The largest absolute Gasteiger partial charge is 0.493 e. The maximum Gasteiger partial charge on any atom is 0.341 e. The van der Waals surface area contributed by atoms with Gasteiger partial charge in [-0.3, -0.25) is 0 Å². The lowest BCUT2D eigenvalue weighted by molar-refractivity contribution is 0.0493. The minimum atomic E-state index is -0.289. The fraction of sp³-hybridized carbons (Fsp3) is 0.588. The SMILES string of the molecule is CCCCCCCCOC(=O)c1ccccc1OCC. The molecule has 0 amide bonds. The van der Waals surface area contributed by atoms with E-state index in [1.165, 1.54) is 25.7 Å². The lowest BCUT2D eigenvalue weighted by atomic mass is 10.1. The van der Waals surface area contributed by atoms with Gasteiger partial charge in [0, 0.05) is 0 Å².